The van der Waals surface area contributed by atoms with Crippen LogP contribution in [0.3, 0.4) is 0 Å². The zero-order valence-corrected chi connectivity index (χ0v) is 17.0. The van der Waals surface area contributed by atoms with E-state index in [0.29, 0.717) is 5.69 Å². The molecule has 0 saturated heterocycles. The Morgan fingerprint density at radius 1 is 0.655 bits per heavy atom. The highest BCUT2D eigenvalue weighted by Crippen LogP contribution is 2.22. The molecule has 148 valence electrons. The quantitative estimate of drug-likeness (QED) is 0.350. The normalized spacial score (nSPS) is 9.66. The molecule has 0 spiro atoms. The Balaban J connectivity index is 0.00000150. The predicted molar refractivity (Wildman–Crippen MR) is 125 cm³/mol. The summed E-state index contributed by atoms with van der Waals surface area (Å²) in [5.74, 6) is 0. The van der Waals surface area contributed by atoms with Gasteiger partial charge in [-0.2, -0.15) is 0 Å². The highest BCUT2D eigenvalue weighted by atomic mass is 35.5. The molecule has 0 radical (unpaired) electrons. The first-order valence-electron chi connectivity index (χ1n) is 8.62. The van der Waals surface area contributed by atoms with Crippen LogP contribution in [0.1, 0.15) is 0 Å². The van der Waals surface area contributed by atoms with Crippen molar-refractivity contribution >= 4 is 64.5 Å². The fourth-order valence-corrected chi connectivity index (χ4v) is 2.81. The summed E-state index contributed by atoms with van der Waals surface area (Å²) >= 11 is 0. The summed E-state index contributed by atoms with van der Waals surface area (Å²) in [4.78, 5) is 16.6. The number of anilines is 4. The standard InChI is InChI=1S/C22H18N4O.2ClH/c27-22(26-21-14-15-23-20-9-5-4-8-19(20)21)25-18-12-10-17(11-13-18)24-16-6-2-1-3-7-16;;/h1-15,24H,(H2,23,25,26,27);2*1H. The van der Waals surface area contributed by atoms with Gasteiger partial charge in [0, 0.05) is 28.6 Å². The van der Waals surface area contributed by atoms with Crippen molar-refractivity contribution < 1.29 is 4.79 Å². The molecule has 1 heterocycles. The molecule has 0 atom stereocenters. The minimum atomic E-state index is -0.296. The van der Waals surface area contributed by atoms with Gasteiger partial charge in [-0.05, 0) is 48.5 Å². The maximum atomic E-state index is 12.3. The van der Waals surface area contributed by atoms with Crippen LogP contribution in [-0.2, 0) is 0 Å². The van der Waals surface area contributed by atoms with Crippen molar-refractivity contribution in [1.29, 1.82) is 0 Å². The van der Waals surface area contributed by atoms with Crippen molar-refractivity contribution in [1.82, 2.24) is 4.98 Å². The summed E-state index contributed by atoms with van der Waals surface area (Å²) < 4.78 is 0. The summed E-state index contributed by atoms with van der Waals surface area (Å²) in [7, 11) is 0. The molecule has 0 bridgehead atoms. The van der Waals surface area contributed by atoms with Gasteiger partial charge in [0.15, 0.2) is 0 Å². The van der Waals surface area contributed by atoms with Crippen LogP contribution in [0.25, 0.3) is 10.9 Å². The molecule has 0 saturated carbocycles. The van der Waals surface area contributed by atoms with E-state index in [2.05, 4.69) is 20.9 Å². The van der Waals surface area contributed by atoms with Gasteiger partial charge in [-0.15, -0.1) is 24.8 Å². The Hall–Kier alpha value is -3.28. The van der Waals surface area contributed by atoms with Crippen LogP contribution >= 0.6 is 24.8 Å². The first-order chi connectivity index (χ1) is 13.3. The lowest BCUT2D eigenvalue weighted by Gasteiger charge is -2.11. The number of nitrogens with one attached hydrogen (secondary N) is 3. The van der Waals surface area contributed by atoms with Gasteiger partial charge < -0.3 is 16.0 Å². The average molecular weight is 427 g/mol. The van der Waals surface area contributed by atoms with E-state index >= 15 is 0 Å². The second-order valence-corrected chi connectivity index (χ2v) is 6.02. The number of hydrogen-bond donors (Lipinski definition) is 3. The largest absolute Gasteiger partial charge is 0.356 e. The fraction of sp³-hybridized carbons (Fsp3) is 0. The third-order valence-electron chi connectivity index (χ3n) is 4.10. The average Bonchev–Trinajstić information content (AvgIpc) is 2.71. The van der Waals surface area contributed by atoms with Gasteiger partial charge in [0.05, 0.1) is 11.2 Å². The molecule has 0 aliphatic carbocycles. The van der Waals surface area contributed by atoms with Gasteiger partial charge in [0.25, 0.3) is 0 Å². The van der Waals surface area contributed by atoms with Crippen LogP contribution in [0.15, 0.2) is 91.1 Å². The van der Waals surface area contributed by atoms with Crippen molar-refractivity contribution in [2.75, 3.05) is 16.0 Å². The van der Waals surface area contributed by atoms with Crippen LogP contribution in [0.4, 0.5) is 27.5 Å². The van der Waals surface area contributed by atoms with Crippen LogP contribution in [0, 0.1) is 0 Å². The van der Waals surface area contributed by atoms with Gasteiger partial charge >= 0.3 is 6.03 Å². The first kappa shape index (κ1) is 22.0. The molecule has 4 aromatic rings. The Kier molecular flexibility index (Phi) is 7.83. The van der Waals surface area contributed by atoms with Crippen LogP contribution in [-0.4, -0.2) is 11.0 Å². The maximum Gasteiger partial charge on any atom is 0.323 e. The van der Waals surface area contributed by atoms with E-state index in [0.717, 1.165) is 28.0 Å². The molecule has 0 aliphatic rings. The van der Waals surface area contributed by atoms with Crippen LogP contribution in [0.5, 0.6) is 0 Å². The molecule has 1 aromatic heterocycles. The van der Waals surface area contributed by atoms with Crippen molar-refractivity contribution in [3.05, 3.63) is 91.1 Å². The highest BCUT2D eigenvalue weighted by molar-refractivity contribution is 6.05. The summed E-state index contributed by atoms with van der Waals surface area (Å²) in [6, 6.07) is 26.7. The Morgan fingerprint density at radius 3 is 2.03 bits per heavy atom. The Labute approximate surface area is 181 Å². The van der Waals surface area contributed by atoms with E-state index < -0.39 is 0 Å². The van der Waals surface area contributed by atoms with Crippen LogP contribution < -0.4 is 16.0 Å². The Bertz CT molecular complexity index is 1070. The first-order valence-corrected chi connectivity index (χ1v) is 8.62. The van der Waals surface area contributed by atoms with E-state index in [4.69, 9.17) is 0 Å². The Morgan fingerprint density at radius 2 is 1.28 bits per heavy atom. The monoisotopic (exact) mass is 426 g/mol. The lowest BCUT2D eigenvalue weighted by atomic mass is 10.2. The number of pyridine rings is 1. The molecule has 4 rings (SSSR count). The van der Waals surface area contributed by atoms with E-state index in [9.17, 15) is 4.79 Å². The molecular weight excluding hydrogens is 407 g/mol. The molecule has 3 aromatic carbocycles. The molecule has 2 amide bonds. The molecule has 0 unspecified atom stereocenters. The summed E-state index contributed by atoms with van der Waals surface area (Å²) in [6.07, 6.45) is 1.68. The number of nitrogens with zero attached hydrogens (tertiary/aromatic N) is 1. The molecule has 0 fully saturated rings. The second-order valence-electron chi connectivity index (χ2n) is 6.02. The van der Waals surface area contributed by atoms with Crippen molar-refractivity contribution in [3.8, 4) is 0 Å². The number of para-hydroxylation sites is 2. The number of urea groups is 1. The lowest BCUT2D eigenvalue weighted by molar-refractivity contribution is 0.262. The number of halogens is 2. The summed E-state index contributed by atoms with van der Waals surface area (Å²) in [5, 5.41) is 9.94. The van der Waals surface area contributed by atoms with Crippen molar-refractivity contribution in [2.24, 2.45) is 0 Å². The number of benzene rings is 3. The molecule has 7 heteroatoms. The number of amides is 2. The number of hydrogen-bond acceptors (Lipinski definition) is 3. The van der Waals surface area contributed by atoms with E-state index in [1.807, 2.05) is 78.9 Å². The molecular formula is C22H20Cl2N4O. The van der Waals surface area contributed by atoms with Crippen molar-refractivity contribution in [2.45, 2.75) is 0 Å². The van der Waals surface area contributed by atoms with Crippen molar-refractivity contribution in [3.63, 3.8) is 0 Å². The number of carbonyl (C=O) groups is 1. The van der Waals surface area contributed by atoms with E-state index in [-0.39, 0.29) is 30.8 Å². The van der Waals surface area contributed by atoms with Gasteiger partial charge in [-0.25, -0.2) is 4.79 Å². The van der Waals surface area contributed by atoms with Gasteiger partial charge in [-0.1, -0.05) is 36.4 Å². The van der Waals surface area contributed by atoms with E-state index in [1.165, 1.54) is 0 Å². The molecule has 29 heavy (non-hydrogen) atoms. The van der Waals surface area contributed by atoms with Gasteiger partial charge in [0.1, 0.15) is 0 Å². The third kappa shape index (κ3) is 5.60. The summed E-state index contributed by atoms with van der Waals surface area (Å²) in [6.45, 7) is 0. The zero-order chi connectivity index (χ0) is 18.5. The van der Waals surface area contributed by atoms with Gasteiger partial charge in [0.2, 0.25) is 0 Å². The zero-order valence-electron chi connectivity index (χ0n) is 15.3. The minimum Gasteiger partial charge on any atom is -0.356 e. The van der Waals surface area contributed by atoms with E-state index in [1.54, 1.807) is 12.3 Å². The maximum absolute atomic E-state index is 12.3. The van der Waals surface area contributed by atoms with Crippen LogP contribution in [0.2, 0.25) is 0 Å². The second kappa shape index (κ2) is 10.3. The number of aromatic nitrogens is 1. The predicted octanol–water partition coefficient (Wildman–Crippen LogP) is 6.47. The molecule has 0 aliphatic heterocycles. The number of rotatable bonds is 4. The topological polar surface area (TPSA) is 66.1 Å². The highest BCUT2D eigenvalue weighted by Gasteiger charge is 2.06. The number of fused-ring (bicyclic) bond motifs is 1. The lowest BCUT2D eigenvalue weighted by Crippen LogP contribution is -2.19. The third-order valence-corrected chi connectivity index (χ3v) is 4.10. The smallest absolute Gasteiger partial charge is 0.323 e. The van der Waals surface area contributed by atoms with Gasteiger partial charge in [-0.3, -0.25) is 4.98 Å². The fourth-order valence-electron chi connectivity index (χ4n) is 2.81. The minimum absolute atomic E-state index is 0. The summed E-state index contributed by atoms with van der Waals surface area (Å²) in [5.41, 5.74) is 4.24. The molecule has 3 N–H and O–H groups in total. The SMILES string of the molecule is Cl.Cl.O=C(Nc1ccc(Nc2ccccc2)cc1)Nc1ccnc2ccccc12. The number of carbonyl (C=O) groups excluding carboxylic acids is 1. The molecule has 5 nitrogen and oxygen atoms in total.